The Hall–Kier alpha value is -1.89. The Morgan fingerprint density at radius 1 is 1.10 bits per heavy atom. The van der Waals surface area contributed by atoms with Gasteiger partial charge >= 0.3 is 0 Å². The number of nitrogens with two attached hydrogens (primary N) is 1. The Kier molecular flexibility index (Phi) is 6.46. The van der Waals surface area contributed by atoms with Crippen molar-refractivity contribution in [3.8, 4) is 5.75 Å². The number of fused-ring (bicyclic) bond motifs is 1. The van der Waals surface area contributed by atoms with Crippen LogP contribution in [0.1, 0.15) is 41.9 Å². The summed E-state index contributed by atoms with van der Waals surface area (Å²) in [5.74, 6) is 1.58. The van der Waals surface area contributed by atoms with Crippen molar-refractivity contribution < 1.29 is 13.2 Å². The molecule has 0 saturated heterocycles. The molecule has 2 unspecified atom stereocenters. The van der Waals surface area contributed by atoms with E-state index in [0.717, 1.165) is 37.9 Å². The van der Waals surface area contributed by atoms with Gasteiger partial charge in [0.2, 0.25) is 10.0 Å². The van der Waals surface area contributed by atoms with Crippen molar-refractivity contribution in [2.24, 2.45) is 11.7 Å². The SMILES string of the molecule is CS(=O)(=O)N(CCOc1ccc2c(c1)C(Cc1ccccc1)C(N)CC2)CC1CC1. The van der Waals surface area contributed by atoms with Gasteiger partial charge in [0.15, 0.2) is 0 Å². The highest BCUT2D eigenvalue weighted by atomic mass is 32.2. The molecule has 2 aromatic rings. The molecule has 0 amide bonds. The second-order valence-corrected chi connectivity index (χ2v) is 10.8. The molecule has 5 nitrogen and oxygen atoms in total. The predicted molar refractivity (Wildman–Crippen MR) is 120 cm³/mol. The minimum Gasteiger partial charge on any atom is -0.492 e. The summed E-state index contributed by atoms with van der Waals surface area (Å²) in [6.07, 6.45) is 6.44. The first-order valence-electron chi connectivity index (χ1n) is 10.9. The lowest BCUT2D eigenvalue weighted by Gasteiger charge is -2.32. The van der Waals surface area contributed by atoms with Gasteiger partial charge in [-0.15, -0.1) is 0 Å². The molecule has 2 aliphatic rings. The van der Waals surface area contributed by atoms with Gasteiger partial charge in [-0.3, -0.25) is 0 Å². The lowest BCUT2D eigenvalue weighted by molar-refractivity contribution is 0.269. The summed E-state index contributed by atoms with van der Waals surface area (Å²) in [6.45, 7) is 1.35. The number of aryl methyl sites for hydroxylation is 1. The molecule has 0 aliphatic heterocycles. The van der Waals surface area contributed by atoms with E-state index in [-0.39, 0.29) is 12.0 Å². The van der Waals surface area contributed by atoms with Gasteiger partial charge in [0.05, 0.1) is 6.26 Å². The van der Waals surface area contributed by atoms with Gasteiger partial charge in [0.1, 0.15) is 12.4 Å². The second-order valence-electron chi connectivity index (χ2n) is 8.77. The maximum absolute atomic E-state index is 12.0. The largest absolute Gasteiger partial charge is 0.492 e. The van der Waals surface area contributed by atoms with Gasteiger partial charge in [-0.25, -0.2) is 8.42 Å². The number of benzene rings is 2. The van der Waals surface area contributed by atoms with Crippen molar-refractivity contribution in [2.45, 2.75) is 44.1 Å². The predicted octanol–water partition coefficient (Wildman–Crippen LogP) is 3.34. The number of rotatable bonds is 9. The fraction of sp³-hybridized carbons (Fsp3) is 0.500. The average Bonchev–Trinajstić information content (AvgIpc) is 3.54. The normalized spacial score (nSPS) is 21.4. The minimum atomic E-state index is -3.20. The lowest BCUT2D eigenvalue weighted by Crippen LogP contribution is -2.35. The molecule has 4 rings (SSSR count). The number of hydrogen-bond acceptors (Lipinski definition) is 4. The second kappa shape index (κ2) is 9.08. The van der Waals surface area contributed by atoms with Gasteiger partial charge in [-0.2, -0.15) is 4.31 Å². The zero-order chi connectivity index (χ0) is 21.1. The molecule has 0 aromatic heterocycles. The molecular weight excluding hydrogens is 396 g/mol. The first kappa shape index (κ1) is 21.3. The number of nitrogens with zero attached hydrogens (tertiary/aromatic N) is 1. The van der Waals surface area contributed by atoms with Gasteiger partial charge < -0.3 is 10.5 Å². The van der Waals surface area contributed by atoms with E-state index in [2.05, 4.69) is 36.4 Å². The highest BCUT2D eigenvalue weighted by molar-refractivity contribution is 7.88. The Morgan fingerprint density at radius 2 is 1.87 bits per heavy atom. The number of ether oxygens (including phenoxy) is 1. The van der Waals surface area contributed by atoms with Crippen LogP contribution in [0.25, 0.3) is 0 Å². The lowest BCUT2D eigenvalue weighted by atomic mass is 9.76. The molecule has 2 aliphatic carbocycles. The number of sulfonamides is 1. The Morgan fingerprint density at radius 3 is 2.57 bits per heavy atom. The van der Waals surface area contributed by atoms with Gasteiger partial charge in [0, 0.05) is 25.0 Å². The first-order chi connectivity index (χ1) is 14.4. The highest BCUT2D eigenvalue weighted by Gasteiger charge is 2.29. The maximum Gasteiger partial charge on any atom is 0.211 e. The molecule has 0 heterocycles. The third-order valence-corrected chi connectivity index (χ3v) is 7.59. The van der Waals surface area contributed by atoms with Crippen molar-refractivity contribution in [1.29, 1.82) is 0 Å². The van der Waals surface area contributed by atoms with Gasteiger partial charge in [0.25, 0.3) is 0 Å². The summed E-state index contributed by atoms with van der Waals surface area (Å²) >= 11 is 0. The van der Waals surface area contributed by atoms with Crippen LogP contribution >= 0.6 is 0 Å². The Bertz CT molecular complexity index is 958. The van der Waals surface area contributed by atoms with Crippen molar-refractivity contribution in [3.63, 3.8) is 0 Å². The molecule has 0 radical (unpaired) electrons. The summed E-state index contributed by atoms with van der Waals surface area (Å²) in [4.78, 5) is 0. The summed E-state index contributed by atoms with van der Waals surface area (Å²) in [6, 6.07) is 16.9. The molecule has 30 heavy (non-hydrogen) atoms. The van der Waals surface area contributed by atoms with Crippen LogP contribution in [0.5, 0.6) is 5.75 Å². The molecule has 2 aromatic carbocycles. The van der Waals surface area contributed by atoms with Gasteiger partial charge in [-0.1, -0.05) is 36.4 Å². The van der Waals surface area contributed by atoms with Crippen LogP contribution < -0.4 is 10.5 Å². The first-order valence-corrected chi connectivity index (χ1v) is 12.8. The standard InChI is InChI=1S/C24H32N2O3S/c1-30(27,28)26(17-19-7-8-19)13-14-29-21-11-9-20-10-12-24(25)23(22(20)16-21)15-18-5-3-2-4-6-18/h2-6,9,11,16,19,23-24H,7-8,10,12-15,17,25H2,1H3. The number of hydrogen-bond donors (Lipinski definition) is 1. The summed E-state index contributed by atoms with van der Waals surface area (Å²) in [7, 11) is -3.20. The van der Waals surface area contributed by atoms with E-state index >= 15 is 0 Å². The topological polar surface area (TPSA) is 72.6 Å². The molecule has 2 N–H and O–H groups in total. The van der Waals surface area contributed by atoms with Crippen LogP contribution in [-0.4, -0.2) is 44.7 Å². The fourth-order valence-corrected chi connectivity index (χ4v) is 5.25. The van der Waals surface area contributed by atoms with E-state index in [1.807, 2.05) is 12.1 Å². The molecule has 1 saturated carbocycles. The third-order valence-electron chi connectivity index (χ3n) is 6.32. The Labute approximate surface area is 180 Å². The molecule has 1 fully saturated rings. The van der Waals surface area contributed by atoms with E-state index in [1.165, 1.54) is 22.9 Å². The highest BCUT2D eigenvalue weighted by Crippen LogP contribution is 2.36. The van der Waals surface area contributed by atoms with Crippen LogP contribution in [0, 0.1) is 5.92 Å². The van der Waals surface area contributed by atoms with Crippen molar-refractivity contribution in [2.75, 3.05) is 26.0 Å². The van der Waals surface area contributed by atoms with Crippen LogP contribution in [-0.2, 0) is 22.9 Å². The molecular formula is C24H32N2O3S. The summed E-state index contributed by atoms with van der Waals surface area (Å²) in [5, 5.41) is 0. The third kappa shape index (κ3) is 5.42. The molecule has 0 bridgehead atoms. The summed E-state index contributed by atoms with van der Waals surface area (Å²) in [5.41, 5.74) is 10.4. The van der Waals surface area contributed by atoms with E-state index in [9.17, 15) is 8.42 Å². The van der Waals surface area contributed by atoms with Crippen LogP contribution in [0.2, 0.25) is 0 Å². The van der Waals surface area contributed by atoms with E-state index in [0.29, 0.717) is 25.6 Å². The van der Waals surface area contributed by atoms with Crippen LogP contribution in [0.4, 0.5) is 0 Å². The van der Waals surface area contributed by atoms with Crippen LogP contribution in [0.15, 0.2) is 48.5 Å². The molecule has 0 spiro atoms. The van der Waals surface area contributed by atoms with Crippen molar-refractivity contribution >= 4 is 10.0 Å². The van der Waals surface area contributed by atoms with Crippen molar-refractivity contribution in [1.82, 2.24) is 4.31 Å². The fourth-order valence-electron chi connectivity index (χ4n) is 4.37. The molecule has 2 atom stereocenters. The molecule has 162 valence electrons. The van der Waals surface area contributed by atoms with E-state index < -0.39 is 10.0 Å². The summed E-state index contributed by atoms with van der Waals surface area (Å²) < 4.78 is 31.6. The minimum absolute atomic E-state index is 0.132. The Balaban J connectivity index is 1.44. The maximum atomic E-state index is 12.0. The monoisotopic (exact) mass is 428 g/mol. The quantitative estimate of drug-likeness (QED) is 0.665. The smallest absolute Gasteiger partial charge is 0.211 e. The zero-order valence-corrected chi connectivity index (χ0v) is 18.5. The average molecular weight is 429 g/mol. The van der Waals surface area contributed by atoms with E-state index in [1.54, 1.807) is 4.31 Å². The van der Waals surface area contributed by atoms with Gasteiger partial charge in [-0.05, 0) is 66.8 Å². The van der Waals surface area contributed by atoms with E-state index in [4.69, 9.17) is 10.5 Å². The zero-order valence-electron chi connectivity index (χ0n) is 17.7. The van der Waals surface area contributed by atoms with Crippen LogP contribution in [0.3, 0.4) is 0 Å². The van der Waals surface area contributed by atoms with Crippen molar-refractivity contribution in [3.05, 3.63) is 65.2 Å². The molecule has 6 heteroatoms.